The quantitative estimate of drug-likeness (QED) is 0.831. The van der Waals surface area contributed by atoms with Crippen LogP contribution in [-0.2, 0) is 6.54 Å². The summed E-state index contributed by atoms with van der Waals surface area (Å²) in [6.45, 7) is 2.82. The molecule has 0 unspecified atom stereocenters. The van der Waals surface area contributed by atoms with E-state index in [1.165, 1.54) is 0 Å². The highest BCUT2D eigenvalue weighted by molar-refractivity contribution is 7.09. The predicted octanol–water partition coefficient (Wildman–Crippen LogP) is 3.06. The highest BCUT2D eigenvalue weighted by atomic mass is 32.1. The van der Waals surface area contributed by atoms with E-state index in [4.69, 9.17) is 0 Å². The first-order chi connectivity index (χ1) is 6.84. The molecule has 0 fully saturated rings. The maximum atomic E-state index is 4.38. The molecule has 2 aromatic rings. The SMILES string of the molecule is Cc1csc(CNc2ccccc2)n1. The van der Waals surface area contributed by atoms with Gasteiger partial charge in [-0.05, 0) is 19.1 Å². The lowest BCUT2D eigenvalue weighted by Crippen LogP contribution is -1.98. The Hall–Kier alpha value is -1.35. The zero-order valence-corrected chi connectivity index (χ0v) is 8.84. The van der Waals surface area contributed by atoms with Gasteiger partial charge in [-0.15, -0.1) is 11.3 Å². The van der Waals surface area contributed by atoms with Crippen LogP contribution in [0, 0.1) is 6.92 Å². The minimum Gasteiger partial charge on any atom is -0.379 e. The molecule has 1 aromatic heterocycles. The second kappa shape index (κ2) is 4.24. The third-order valence-corrected chi connectivity index (χ3v) is 2.85. The normalized spacial score (nSPS) is 10.1. The molecule has 0 spiro atoms. The molecular formula is C11H12N2S. The van der Waals surface area contributed by atoms with Crippen molar-refractivity contribution in [3.63, 3.8) is 0 Å². The van der Waals surface area contributed by atoms with Gasteiger partial charge in [0.1, 0.15) is 5.01 Å². The lowest BCUT2D eigenvalue weighted by molar-refractivity contribution is 1.08. The van der Waals surface area contributed by atoms with Crippen LogP contribution in [0.1, 0.15) is 10.7 Å². The molecule has 0 bridgehead atoms. The minimum absolute atomic E-state index is 0.808. The van der Waals surface area contributed by atoms with Gasteiger partial charge in [-0.1, -0.05) is 18.2 Å². The van der Waals surface area contributed by atoms with Crippen molar-refractivity contribution in [3.8, 4) is 0 Å². The van der Waals surface area contributed by atoms with Crippen LogP contribution in [0.3, 0.4) is 0 Å². The molecule has 72 valence electrons. The van der Waals surface area contributed by atoms with Gasteiger partial charge in [0.25, 0.3) is 0 Å². The molecule has 0 aliphatic carbocycles. The summed E-state index contributed by atoms with van der Waals surface area (Å²) in [5, 5.41) is 6.52. The summed E-state index contributed by atoms with van der Waals surface area (Å²) in [6.07, 6.45) is 0. The number of rotatable bonds is 3. The summed E-state index contributed by atoms with van der Waals surface area (Å²) >= 11 is 1.70. The van der Waals surface area contributed by atoms with Crippen molar-refractivity contribution in [3.05, 3.63) is 46.4 Å². The molecule has 0 amide bonds. The number of thiazole rings is 1. The Morgan fingerprint density at radius 3 is 2.71 bits per heavy atom. The number of aryl methyl sites for hydroxylation is 1. The van der Waals surface area contributed by atoms with Crippen LogP contribution in [0.4, 0.5) is 5.69 Å². The Bertz CT molecular complexity index is 395. The third-order valence-electron chi connectivity index (χ3n) is 1.88. The summed E-state index contributed by atoms with van der Waals surface area (Å²) in [5.41, 5.74) is 2.24. The largest absolute Gasteiger partial charge is 0.379 e. The summed E-state index contributed by atoms with van der Waals surface area (Å²) < 4.78 is 0. The van der Waals surface area contributed by atoms with E-state index < -0.39 is 0 Å². The van der Waals surface area contributed by atoms with Gasteiger partial charge in [0.05, 0.1) is 6.54 Å². The van der Waals surface area contributed by atoms with Crippen molar-refractivity contribution in [2.45, 2.75) is 13.5 Å². The van der Waals surface area contributed by atoms with Crippen LogP contribution >= 0.6 is 11.3 Å². The van der Waals surface area contributed by atoms with Gasteiger partial charge in [-0.2, -0.15) is 0 Å². The lowest BCUT2D eigenvalue weighted by Gasteiger charge is -2.02. The number of anilines is 1. The summed E-state index contributed by atoms with van der Waals surface area (Å²) in [4.78, 5) is 4.38. The lowest BCUT2D eigenvalue weighted by atomic mass is 10.3. The first-order valence-electron chi connectivity index (χ1n) is 4.54. The van der Waals surface area contributed by atoms with Crippen LogP contribution < -0.4 is 5.32 Å². The fraction of sp³-hybridized carbons (Fsp3) is 0.182. The fourth-order valence-electron chi connectivity index (χ4n) is 1.22. The molecule has 2 nitrogen and oxygen atoms in total. The molecule has 3 heteroatoms. The van der Waals surface area contributed by atoms with Crippen LogP contribution in [0.2, 0.25) is 0 Å². The van der Waals surface area contributed by atoms with E-state index in [1.807, 2.05) is 25.1 Å². The van der Waals surface area contributed by atoms with Gasteiger partial charge in [-0.3, -0.25) is 0 Å². The number of para-hydroxylation sites is 1. The zero-order chi connectivity index (χ0) is 9.80. The van der Waals surface area contributed by atoms with E-state index in [9.17, 15) is 0 Å². The van der Waals surface area contributed by atoms with Gasteiger partial charge in [0, 0.05) is 16.8 Å². The van der Waals surface area contributed by atoms with E-state index >= 15 is 0 Å². The average molecular weight is 204 g/mol. The van der Waals surface area contributed by atoms with Crippen molar-refractivity contribution in [2.75, 3.05) is 5.32 Å². The number of hydrogen-bond acceptors (Lipinski definition) is 3. The number of nitrogens with zero attached hydrogens (tertiary/aromatic N) is 1. The third kappa shape index (κ3) is 2.33. The number of benzene rings is 1. The first-order valence-corrected chi connectivity index (χ1v) is 5.42. The van der Waals surface area contributed by atoms with E-state index in [0.717, 1.165) is 22.9 Å². The smallest absolute Gasteiger partial charge is 0.112 e. The summed E-state index contributed by atoms with van der Waals surface area (Å²) in [7, 11) is 0. The van der Waals surface area contributed by atoms with Crippen LogP contribution in [0.25, 0.3) is 0 Å². The molecule has 0 saturated heterocycles. The summed E-state index contributed by atoms with van der Waals surface area (Å²) in [5.74, 6) is 0. The van der Waals surface area contributed by atoms with E-state index in [2.05, 4.69) is 27.8 Å². The first kappa shape index (κ1) is 9.21. The standard InChI is InChI=1S/C11H12N2S/c1-9-8-14-11(13-9)7-12-10-5-3-2-4-6-10/h2-6,8,12H,7H2,1H3. The highest BCUT2D eigenvalue weighted by Crippen LogP contribution is 2.11. The molecule has 0 radical (unpaired) electrons. The molecule has 0 aliphatic heterocycles. The Kier molecular flexibility index (Phi) is 2.79. The highest BCUT2D eigenvalue weighted by Gasteiger charge is 1.97. The molecule has 1 aromatic carbocycles. The van der Waals surface area contributed by atoms with Gasteiger partial charge in [0.15, 0.2) is 0 Å². The number of aromatic nitrogens is 1. The summed E-state index contributed by atoms with van der Waals surface area (Å²) in [6, 6.07) is 10.2. The molecule has 1 N–H and O–H groups in total. The van der Waals surface area contributed by atoms with Gasteiger partial charge in [-0.25, -0.2) is 4.98 Å². The minimum atomic E-state index is 0.808. The van der Waals surface area contributed by atoms with Crippen molar-refractivity contribution >= 4 is 17.0 Å². The molecule has 0 aliphatic rings. The second-order valence-corrected chi connectivity index (χ2v) is 4.04. The Balaban J connectivity index is 1.95. The fourth-order valence-corrected chi connectivity index (χ4v) is 1.93. The molecule has 1 heterocycles. The van der Waals surface area contributed by atoms with E-state index in [0.29, 0.717) is 0 Å². The van der Waals surface area contributed by atoms with E-state index in [-0.39, 0.29) is 0 Å². The Labute approximate surface area is 87.6 Å². The van der Waals surface area contributed by atoms with Crippen molar-refractivity contribution in [1.82, 2.24) is 4.98 Å². The molecule has 0 saturated carbocycles. The second-order valence-electron chi connectivity index (χ2n) is 3.10. The number of hydrogen-bond donors (Lipinski definition) is 1. The van der Waals surface area contributed by atoms with Gasteiger partial charge < -0.3 is 5.32 Å². The average Bonchev–Trinajstić information content (AvgIpc) is 2.63. The van der Waals surface area contributed by atoms with Crippen LogP contribution in [0.5, 0.6) is 0 Å². The maximum absolute atomic E-state index is 4.38. The van der Waals surface area contributed by atoms with Gasteiger partial charge in [0.2, 0.25) is 0 Å². The van der Waals surface area contributed by atoms with Crippen LogP contribution in [0.15, 0.2) is 35.7 Å². The van der Waals surface area contributed by atoms with Gasteiger partial charge >= 0.3 is 0 Å². The zero-order valence-electron chi connectivity index (χ0n) is 8.03. The molecule has 14 heavy (non-hydrogen) atoms. The van der Waals surface area contributed by atoms with Crippen molar-refractivity contribution in [1.29, 1.82) is 0 Å². The topological polar surface area (TPSA) is 24.9 Å². The number of nitrogens with one attached hydrogen (secondary N) is 1. The van der Waals surface area contributed by atoms with E-state index in [1.54, 1.807) is 11.3 Å². The molecular weight excluding hydrogens is 192 g/mol. The Morgan fingerprint density at radius 1 is 1.29 bits per heavy atom. The monoisotopic (exact) mass is 204 g/mol. The molecule has 2 rings (SSSR count). The van der Waals surface area contributed by atoms with Crippen molar-refractivity contribution < 1.29 is 0 Å². The Morgan fingerprint density at radius 2 is 2.07 bits per heavy atom. The maximum Gasteiger partial charge on any atom is 0.112 e. The predicted molar refractivity (Wildman–Crippen MR) is 60.6 cm³/mol. The van der Waals surface area contributed by atoms with Crippen LogP contribution in [-0.4, -0.2) is 4.98 Å². The van der Waals surface area contributed by atoms with Crippen molar-refractivity contribution in [2.24, 2.45) is 0 Å². The molecule has 0 atom stereocenters.